The lowest BCUT2D eigenvalue weighted by atomic mass is 10.0. The van der Waals surface area contributed by atoms with Crippen molar-refractivity contribution in [1.82, 2.24) is 0 Å². The minimum Gasteiger partial charge on any atom is -0.497 e. The van der Waals surface area contributed by atoms with Gasteiger partial charge in [0.25, 0.3) is 0 Å². The minimum absolute atomic E-state index is 0.149. The first kappa shape index (κ1) is 13.8. The minimum atomic E-state index is 0.149. The van der Waals surface area contributed by atoms with E-state index in [2.05, 4.69) is 12.1 Å². The van der Waals surface area contributed by atoms with E-state index >= 15 is 0 Å². The van der Waals surface area contributed by atoms with Crippen molar-refractivity contribution in [3.63, 3.8) is 0 Å². The molecule has 0 heterocycles. The lowest BCUT2D eigenvalue weighted by molar-refractivity contribution is 0.104. The van der Waals surface area contributed by atoms with Crippen molar-refractivity contribution in [2.75, 3.05) is 7.11 Å². The maximum Gasteiger partial charge on any atom is 0.189 e. The van der Waals surface area contributed by atoms with Crippen molar-refractivity contribution < 1.29 is 9.53 Å². The number of hydrogen-bond acceptors (Lipinski definition) is 2. The molecule has 0 aromatic heterocycles. The fourth-order valence-electron chi connectivity index (χ4n) is 3.13. The molecule has 3 aromatic carbocycles. The van der Waals surface area contributed by atoms with Crippen molar-refractivity contribution in [3.8, 4) is 5.75 Å². The molecular formula is C21H16O2. The van der Waals surface area contributed by atoms with Crippen LogP contribution in [0.4, 0.5) is 0 Å². The van der Waals surface area contributed by atoms with Crippen LogP contribution in [0, 0.1) is 0 Å². The third-order valence-electron chi connectivity index (χ3n) is 4.35. The van der Waals surface area contributed by atoms with Crippen LogP contribution in [0.25, 0.3) is 16.8 Å². The van der Waals surface area contributed by atoms with Gasteiger partial charge >= 0.3 is 0 Å². The van der Waals surface area contributed by atoms with Crippen LogP contribution in [-0.4, -0.2) is 12.9 Å². The summed E-state index contributed by atoms with van der Waals surface area (Å²) in [7, 11) is 1.67. The maximum atomic E-state index is 12.5. The predicted molar refractivity (Wildman–Crippen MR) is 93.0 cm³/mol. The number of carbonyl (C=O) groups excluding carboxylic acids is 1. The Kier molecular flexibility index (Phi) is 3.23. The number of ketones is 1. The smallest absolute Gasteiger partial charge is 0.189 e. The summed E-state index contributed by atoms with van der Waals surface area (Å²) in [6, 6.07) is 20.1. The molecule has 0 saturated heterocycles. The Morgan fingerprint density at radius 2 is 1.74 bits per heavy atom. The Morgan fingerprint density at radius 1 is 0.957 bits per heavy atom. The molecule has 2 heteroatoms. The highest BCUT2D eigenvalue weighted by molar-refractivity contribution is 6.15. The topological polar surface area (TPSA) is 26.3 Å². The second-order valence-corrected chi connectivity index (χ2v) is 5.81. The number of methoxy groups -OCH3 is 1. The van der Waals surface area contributed by atoms with Gasteiger partial charge in [-0.05, 0) is 46.2 Å². The number of rotatable bonds is 2. The standard InChI is InChI=1S/C21H16O2/c1-23-19-9-8-15-10-14(6-7-16(15)13-19)11-18-12-17-4-2-3-5-20(17)21(18)22/h2-11,13H,12H2,1H3. The first-order chi connectivity index (χ1) is 11.2. The van der Waals surface area contributed by atoms with E-state index in [4.69, 9.17) is 4.74 Å². The molecule has 0 N–H and O–H groups in total. The molecule has 0 fully saturated rings. The molecule has 0 radical (unpaired) electrons. The van der Waals surface area contributed by atoms with Crippen molar-refractivity contribution in [1.29, 1.82) is 0 Å². The summed E-state index contributed by atoms with van der Waals surface area (Å²) in [6.07, 6.45) is 2.72. The van der Waals surface area contributed by atoms with Gasteiger partial charge in [-0.25, -0.2) is 0 Å². The zero-order valence-corrected chi connectivity index (χ0v) is 12.9. The summed E-state index contributed by atoms with van der Waals surface area (Å²) in [6.45, 7) is 0. The summed E-state index contributed by atoms with van der Waals surface area (Å²) in [5.74, 6) is 1.00. The number of ether oxygens (including phenoxy) is 1. The van der Waals surface area contributed by atoms with Crippen molar-refractivity contribution >= 4 is 22.6 Å². The molecule has 1 aliphatic rings. The maximum absolute atomic E-state index is 12.5. The van der Waals surface area contributed by atoms with Gasteiger partial charge in [-0.3, -0.25) is 4.79 Å². The Labute approximate surface area is 135 Å². The number of carbonyl (C=O) groups is 1. The highest BCUT2D eigenvalue weighted by Crippen LogP contribution is 2.28. The van der Waals surface area contributed by atoms with Gasteiger partial charge in [0.05, 0.1) is 7.11 Å². The Morgan fingerprint density at radius 3 is 2.57 bits per heavy atom. The number of Topliss-reactive ketones (excluding diaryl/α,β-unsaturated/α-hetero) is 1. The van der Waals surface area contributed by atoms with E-state index < -0.39 is 0 Å². The van der Waals surface area contributed by atoms with Crippen LogP contribution in [0.2, 0.25) is 0 Å². The molecule has 0 amide bonds. The van der Waals surface area contributed by atoms with Crippen LogP contribution < -0.4 is 4.74 Å². The average molecular weight is 300 g/mol. The van der Waals surface area contributed by atoms with Crippen molar-refractivity contribution in [2.45, 2.75) is 6.42 Å². The summed E-state index contributed by atoms with van der Waals surface area (Å²) >= 11 is 0. The summed E-state index contributed by atoms with van der Waals surface area (Å²) in [5, 5.41) is 2.27. The Bertz CT molecular complexity index is 951. The number of fused-ring (bicyclic) bond motifs is 2. The molecule has 3 aromatic rings. The summed E-state index contributed by atoms with van der Waals surface area (Å²) < 4.78 is 5.25. The Hall–Kier alpha value is -2.87. The molecule has 1 aliphatic carbocycles. The zero-order valence-electron chi connectivity index (χ0n) is 12.9. The highest BCUT2D eigenvalue weighted by atomic mass is 16.5. The van der Waals surface area contributed by atoms with Gasteiger partial charge in [0.15, 0.2) is 5.78 Å². The van der Waals surface area contributed by atoms with Crippen LogP contribution >= 0.6 is 0 Å². The molecular weight excluding hydrogens is 284 g/mol. The first-order valence-electron chi connectivity index (χ1n) is 7.65. The van der Waals surface area contributed by atoms with Gasteiger partial charge in [-0.2, -0.15) is 0 Å². The van der Waals surface area contributed by atoms with E-state index in [1.54, 1.807) is 7.11 Å². The fraction of sp³-hybridized carbons (Fsp3) is 0.0952. The molecule has 0 unspecified atom stereocenters. The molecule has 23 heavy (non-hydrogen) atoms. The van der Waals surface area contributed by atoms with Gasteiger partial charge in [0, 0.05) is 17.6 Å². The van der Waals surface area contributed by atoms with Crippen LogP contribution in [-0.2, 0) is 6.42 Å². The third kappa shape index (κ3) is 2.42. The third-order valence-corrected chi connectivity index (χ3v) is 4.35. The molecule has 0 spiro atoms. The first-order valence-corrected chi connectivity index (χ1v) is 7.65. The van der Waals surface area contributed by atoms with E-state index in [0.29, 0.717) is 0 Å². The number of hydrogen-bond donors (Lipinski definition) is 0. The SMILES string of the molecule is COc1ccc2cc(C=C3Cc4ccccc4C3=O)ccc2c1. The van der Waals surface area contributed by atoms with Crippen LogP contribution in [0.3, 0.4) is 0 Å². The van der Waals surface area contributed by atoms with Crippen LogP contribution in [0.15, 0.2) is 66.2 Å². The number of benzene rings is 3. The fourth-order valence-corrected chi connectivity index (χ4v) is 3.13. The second kappa shape index (κ2) is 5.40. The molecule has 2 nitrogen and oxygen atoms in total. The largest absolute Gasteiger partial charge is 0.497 e. The van der Waals surface area contributed by atoms with Gasteiger partial charge in [0.2, 0.25) is 0 Å². The second-order valence-electron chi connectivity index (χ2n) is 5.81. The molecule has 0 saturated carbocycles. The van der Waals surface area contributed by atoms with E-state index in [1.807, 2.05) is 54.6 Å². The molecule has 112 valence electrons. The van der Waals surface area contributed by atoms with Crippen LogP contribution in [0.1, 0.15) is 21.5 Å². The average Bonchev–Trinajstić information content (AvgIpc) is 2.90. The van der Waals surface area contributed by atoms with E-state index in [9.17, 15) is 4.79 Å². The highest BCUT2D eigenvalue weighted by Gasteiger charge is 2.23. The monoisotopic (exact) mass is 300 g/mol. The number of allylic oxidation sites excluding steroid dienone is 1. The lowest BCUT2D eigenvalue weighted by Crippen LogP contribution is -1.94. The lowest BCUT2D eigenvalue weighted by Gasteiger charge is -2.04. The Balaban J connectivity index is 1.72. The predicted octanol–water partition coefficient (Wildman–Crippen LogP) is 4.67. The van der Waals surface area contributed by atoms with Gasteiger partial charge in [0.1, 0.15) is 5.75 Å². The normalized spacial score (nSPS) is 15.2. The van der Waals surface area contributed by atoms with E-state index in [1.165, 1.54) is 0 Å². The van der Waals surface area contributed by atoms with Crippen LogP contribution in [0.5, 0.6) is 5.75 Å². The van der Waals surface area contributed by atoms with Gasteiger partial charge in [-0.1, -0.05) is 42.5 Å². The summed E-state index contributed by atoms with van der Waals surface area (Å²) in [4.78, 5) is 12.5. The van der Waals surface area contributed by atoms with Gasteiger partial charge < -0.3 is 4.74 Å². The van der Waals surface area contributed by atoms with E-state index in [0.717, 1.165) is 45.2 Å². The molecule has 0 atom stereocenters. The van der Waals surface area contributed by atoms with Crippen molar-refractivity contribution in [2.24, 2.45) is 0 Å². The molecule has 0 bridgehead atoms. The van der Waals surface area contributed by atoms with Gasteiger partial charge in [-0.15, -0.1) is 0 Å². The van der Waals surface area contributed by atoms with Crippen molar-refractivity contribution in [3.05, 3.63) is 82.9 Å². The quantitative estimate of drug-likeness (QED) is 0.643. The molecule has 4 rings (SSSR count). The van der Waals surface area contributed by atoms with E-state index in [-0.39, 0.29) is 5.78 Å². The molecule has 0 aliphatic heterocycles. The summed E-state index contributed by atoms with van der Waals surface area (Å²) in [5.41, 5.74) is 3.87. The zero-order chi connectivity index (χ0) is 15.8.